The number of esters is 1. The van der Waals surface area contributed by atoms with Gasteiger partial charge in [-0.2, -0.15) is 0 Å². The largest absolute Gasteiger partial charge is 0.468 e. The molecule has 0 amide bonds. The summed E-state index contributed by atoms with van der Waals surface area (Å²) in [5.41, 5.74) is 0. The second-order valence-electron chi connectivity index (χ2n) is 3.01. The molecule has 0 aromatic heterocycles. The maximum Gasteiger partial charge on any atom is 0.323 e. The summed E-state index contributed by atoms with van der Waals surface area (Å²) in [5.74, 6) is 1.98. The number of carbonyl (C=O) groups is 1. The number of alkyl halides is 1. The third-order valence-electron chi connectivity index (χ3n) is 2.12. The number of likely N-dealkylation sites (tertiary alicyclic amines) is 1. The van der Waals surface area contributed by atoms with Gasteiger partial charge in [-0.15, -0.1) is 6.42 Å². The van der Waals surface area contributed by atoms with E-state index in [1.807, 2.05) is 0 Å². The molecule has 1 rings (SSSR count). The second-order valence-corrected chi connectivity index (χ2v) is 3.01. The fourth-order valence-corrected chi connectivity index (χ4v) is 1.52. The van der Waals surface area contributed by atoms with E-state index < -0.39 is 18.2 Å². The van der Waals surface area contributed by atoms with Crippen molar-refractivity contribution in [1.82, 2.24) is 4.90 Å². The van der Waals surface area contributed by atoms with E-state index in [2.05, 4.69) is 10.7 Å². The Labute approximate surface area is 76.9 Å². The molecule has 13 heavy (non-hydrogen) atoms. The molecule has 0 unspecified atom stereocenters. The minimum atomic E-state index is -0.975. The van der Waals surface area contributed by atoms with E-state index in [9.17, 15) is 9.18 Å². The standard InChI is InChI=1S/C9H12FNO2/c1-3-4-11-6-7(10)5-8(11)9(12)13-2/h1,7-8H,4-6H2,2H3/t7-,8-/m0/s1. The van der Waals surface area contributed by atoms with Gasteiger partial charge in [-0.25, -0.2) is 4.39 Å². The Kier molecular flexibility index (Phi) is 3.26. The predicted molar refractivity (Wildman–Crippen MR) is 45.7 cm³/mol. The van der Waals surface area contributed by atoms with Gasteiger partial charge in [0.05, 0.1) is 13.7 Å². The first-order chi connectivity index (χ1) is 6.19. The molecule has 0 aliphatic carbocycles. The highest BCUT2D eigenvalue weighted by Gasteiger charge is 2.36. The Morgan fingerprint density at radius 1 is 1.85 bits per heavy atom. The first-order valence-electron chi connectivity index (χ1n) is 4.08. The molecule has 1 saturated heterocycles. The van der Waals surface area contributed by atoms with Crippen LogP contribution >= 0.6 is 0 Å². The molecule has 0 spiro atoms. The molecule has 2 atom stereocenters. The molecule has 1 fully saturated rings. The van der Waals surface area contributed by atoms with Gasteiger partial charge in [0.15, 0.2) is 0 Å². The lowest BCUT2D eigenvalue weighted by Gasteiger charge is -2.18. The van der Waals surface area contributed by atoms with Crippen LogP contribution in [0.25, 0.3) is 0 Å². The van der Waals surface area contributed by atoms with Crippen LogP contribution in [-0.4, -0.2) is 43.3 Å². The van der Waals surface area contributed by atoms with Crippen LogP contribution in [0.2, 0.25) is 0 Å². The average Bonchev–Trinajstić information content (AvgIpc) is 2.46. The molecule has 4 heteroatoms. The minimum absolute atomic E-state index is 0.189. The third-order valence-corrected chi connectivity index (χ3v) is 2.12. The number of ether oxygens (including phenoxy) is 1. The lowest BCUT2D eigenvalue weighted by molar-refractivity contribution is -0.145. The molecule has 72 valence electrons. The van der Waals surface area contributed by atoms with Crippen molar-refractivity contribution in [3.63, 3.8) is 0 Å². The highest BCUT2D eigenvalue weighted by atomic mass is 19.1. The van der Waals surface area contributed by atoms with E-state index in [1.54, 1.807) is 4.90 Å². The van der Waals surface area contributed by atoms with Crippen molar-refractivity contribution in [1.29, 1.82) is 0 Å². The first kappa shape index (κ1) is 10.0. The number of terminal acetylenes is 1. The smallest absolute Gasteiger partial charge is 0.323 e. The number of carbonyl (C=O) groups excluding carboxylic acids is 1. The van der Waals surface area contributed by atoms with Crippen molar-refractivity contribution in [2.45, 2.75) is 18.6 Å². The van der Waals surface area contributed by atoms with Gasteiger partial charge in [-0.1, -0.05) is 5.92 Å². The number of halogens is 1. The van der Waals surface area contributed by atoms with Crippen LogP contribution < -0.4 is 0 Å². The van der Waals surface area contributed by atoms with Crippen LogP contribution in [0.4, 0.5) is 4.39 Å². The summed E-state index contributed by atoms with van der Waals surface area (Å²) in [6.07, 6.45) is 4.31. The monoisotopic (exact) mass is 185 g/mol. The molecule has 1 heterocycles. The van der Waals surface area contributed by atoms with Crippen LogP contribution in [0.15, 0.2) is 0 Å². The van der Waals surface area contributed by atoms with E-state index in [0.29, 0.717) is 6.54 Å². The van der Waals surface area contributed by atoms with Gasteiger partial charge in [-0.3, -0.25) is 9.69 Å². The van der Waals surface area contributed by atoms with E-state index in [1.165, 1.54) is 7.11 Å². The molecule has 0 bridgehead atoms. The number of rotatable bonds is 2. The Balaban J connectivity index is 2.61. The van der Waals surface area contributed by atoms with Crippen molar-refractivity contribution < 1.29 is 13.9 Å². The van der Waals surface area contributed by atoms with Crippen molar-refractivity contribution in [3.8, 4) is 12.3 Å². The zero-order chi connectivity index (χ0) is 9.84. The van der Waals surface area contributed by atoms with Gasteiger partial charge < -0.3 is 4.74 Å². The zero-order valence-electron chi connectivity index (χ0n) is 7.50. The van der Waals surface area contributed by atoms with Crippen LogP contribution in [0.5, 0.6) is 0 Å². The molecule has 0 aromatic rings. The molecular formula is C9H12FNO2. The summed E-state index contributed by atoms with van der Waals surface area (Å²) in [6, 6.07) is -0.504. The van der Waals surface area contributed by atoms with Crippen LogP contribution in [-0.2, 0) is 9.53 Å². The quantitative estimate of drug-likeness (QED) is 0.455. The van der Waals surface area contributed by atoms with Crippen molar-refractivity contribution in [3.05, 3.63) is 0 Å². The van der Waals surface area contributed by atoms with Gasteiger partial charge in [0, 0.05) is 13.0 Å². The van der Waals surface area contributed by atoms with Crippen LogP contribution in [0.3, 0.4) is 0 Å². The maximum absolute atomic E-state index is 12.9. The van der Waals surface area contributed by atoms with E-state index >= 15 is 0 Å². The molecule has 3 nitrogen and oxygen atoms in total. The SMILES string of the molecule is C#CCN1C[C@@H](F)C[C@H]1C(=O)OC. The Morgan fingerprint density at radius 3 is 3.08 bits per heavy atom. The van der Waals surface area contributed by atoms with Gasteiger partial charge in [-0.05, 0) is 0 Å². The van der Waals surface area contributed by atoms with Gasteiger partial charge in [0.1, 0.15) is 12.2 Å². The molecule has 0 saturated carbocycles. The third kappa shape index (κ3) is 2.19. The topological polar surface area (TPSA) is 29.5 Å². The summed E-state index contributed by atoms with van der Waals surface area (Å²) in [5, 5.41) is 0. The molecule has 0 aromatic carbocycles. The van der Waals surface area contributed by atoms with Crippen LogP contribution in [0, 0.1) is 12.3 Å². The molecule has 0 radical (unpaired) electrons. The Hall–Kier alpha value is -1.08. The molecular weight excluding hydrogens is 173 g/mol. The minimum Gasteiger partial charge on any atom is -0.468 e. The summed E-state index contributed by atoms with van der Waals surface area (Å²) in [6.45, 7) is 0.518. The highest BCUT2D eigenvalue weighted by molar-refractivity contribution is 5.76. The summed E-state index contributed by atoms with van der Waals surface area (Å²) >= 11 is 0. The van der Waals surface area contributed by atoms with Gasteiger partial charge in [0.2, 0.25) is 0 Å². The fourth-order valence-electron chi connectivity index (χ4n) is 1.52. The zero-order valence-corrected chi connectivity index (χ0v) is 7.50. The van der Waals surface area contributed by atoms with Crippen molar-refractivity contribution >= 4 is 5.97 Å². The van der Waals surface area contributed by atoms with Gasteiger partial charge in [0.25, 0.3) is 0 Å². The van der Waals surface area contributed by atoms with E-state index in [0.717, 1.165) is 0 Å². The normalized spacial score (nSPS) is 28.4. The van der Waals surface area contributed by atoms with E-state index in [4.69, 9.17) is 6.42 Å². The summed E-state index contributed by atoms with van der Waals surface area (Å²) in [4.78, 5) is 12.8. The number of hydrogen-bond acceptors (Lipinski definition) is 3. The van der Waals surface area contributed by atoms with E-state index in [-0.39, 0.29) is 13.0 Å². The summed E-state index contributed by atoms with van der Waals surface area (Å²) < 4.78 is 17.5. The lowest BCUT2D eigenvalue weighted by atomic mass is 10.2. The van der Waals surface area contributed by atoms with Crippen molar-refractivity contribution in [2.24, 2.45) is 0 Å². The first-order valence-corrected chi connectivity index (χ1v) is 4.08. The lowest BCUT2D eigenvalue weighted by Crippen LogP contribution is -2.37. The molecule has 0 N–H and O–H groups in total. The summed E-state index contributed by atoms with van der Waals surface area (Å²) in [7, 11) is 1.29. The van der Waals surface area contributed by atoms with Crippen molar-refractivity contribution in [2.75, 3.05) is 20.2 Å². The average molecular weight is 185 g/mol. The Morgan fingerprint density at radius 2 is 2.54 bits per heavy atom. The fraction of sp³-hybridized carbons (Fsp3) is 0.667. The number of hydrogen-bond donors (Lipinski definition) is 0. The molecule has 1 aliphatic heterocycles. The highest BCUT2D eigenvalue weighted by Crippen LogP contribution is 2.20. The molecule has 1 aliphatic rings. The van der Waals surface area contributed by atoms with Gasteiger partial charge >= 0.3 is 5.97 Å². The van der Waals surface area contributed by atoms with Crippen LogP contribution in [0.1, 0.15) is 6.42 Å². The second kappa shape index (κ2) is 4.24. The predicted octanol–water partition coefficient (Wildman–Crippen LogP) is 0.205. The number of nitrogens with zero attached hydrogens (tertiary/aromatic N) is 1. The number of methoxy groups -OCH3 is 1. The Bertz CT molecular complexity index is 236. The maximum atomic E-state index is 12.9.